The van der Waals surface area contributed by atoms with Gasteiger partial charge in [0.25, 0.3) is 0 Å². The first kappa shape index (κ1) is 18.5. The van der Waals surface area contributed by atoms with Gasteiger partial charge in [-0.15, -0.1) is 0 Å². The summed E-state index contributed by atoms with van der Waals surface area (Å²) in [6, 6.07) is 19.8. The lowest BCUT2D eigenvalue weighted by atomic mass is 10.1. The number of ether oxygens (including phenoxy) is 2. The third-order valence-electron chi connectivity index (χ3n) is 4.03. The maximum atomic E-state index is 5.69. The van der Waals surface area contributed by atoms with E-state index in [1.165, 1.54) is 5.56 Å². The highest BCUT2D eigenvalue weighted by molar-refractivity contribution is 5.42. The van der Waals surface area contributed by atoms with E-state index < -0.39 is 0 Å². The summed E-state index contributed by atoms with van der Waals surface area (Å²) >= 11 is 0. The van der Waals surface area contributed by atoms with Crippen molar-refractivity contribution in [1.82, 2.24) is 9.97 Å². The molecule has 3 aromatic rings. The number of hydrogen-bond donors (Lipinski definition) is 2. The molecule has 0 aliphatic rings. The Morgan fingerprint density at radius 3 is 2.44 bits per heavy atom. The van der Waals surface area contributed by atoms with Gasteiger partial charge < -0.3 is 20.1 Å². The smallest absolute Gasteiger partial charge is 0.224 e. The maximum absolute atomic E-state index is 5.69. The van der Waals surface area contributed by atoms with E-state index in [0.717, 1.165) is 17.3 Å². The van der Waals surface area contributed by atoms with Crippen LogP contribution < -0.4 is 20.1 Å². The van der Waals surface area contributed by atoms with Crippen molar-refractivity contribution in [3.05, 3.63) is 72.4 Å². The predicted molar refractivity (Wildman–Crippen MR) is 107 cm³/mol. The summed E-state index contributed by atoms with van der Waals surface area (Å²) in [5, 5.41) is 6.57. The van der Waals surface area contributed by atoms with Gasteiger partial charge in [0.2, 0.25) is 5.95 Å². The molecule has 2 N–H and O–H groups in total. The van der Waals surface area contributed by atoms with Gasteiger partial charge in [0.1, 0.15) is 23.9 Å². The van der Waals surface area contributed by atoms with Crippen LogP contribution in [0, 0.1) is 0 Å². The first-order valence-electron chi connectivity index (χ1n) is 8.90. The highest BCUT2D eigenvalue weighted by Gasteiger charge is 2.06. The van der Waals surface area contributed by atoms with Gasteiger partial charge in [-0.05, 0) is 42.8 Å². The monoisotopic (exact) mass is 364 g/mol. The highest BCUT2D eigenvalue weighted by Crippen LogP contribution is 2.18. The van der Waals surface area contributed by atoms with Crippen molar-refractivity contribution in [3.8, 4) is 11.5 Å². The van der Waals surface area contributed by atoms with Crippen molar-refractivity contribution in [3.63, 3.8) is 0 Å². The van der Waals surface area contributed by atoms with Gasteiger partial charge in [-0.1, -0.05) is 30.3 Å². The molecule has 0 saturated heterocycles. The molecule has 0 bridgehead atoms. The van der Waals surface area contributed by atoms with Gasteiger partial charge in [-0.25, -0.2) is 4.98 Å². The molecule has 6 nitrogen and oxygen atoms in total. The fraction of sp³-hybridized carbons (Fsp3) is 0.238. The summed E-state index contributed by atoms with van der Waals surface area (Å²) in [4.78, 5) is 8.75. The molecule has 0 radical (unpaired) electrons. The average Bonchev–Trinajstić information content (AvgIpc) is 2.72. The van der Waals surface area contributed by atoms with Crippen LogP contribution in [-0.4, -0.2) is 30.2 Å². The number of hydrogen-bond acceptors (Lipinski definition) is 6. The number of benzene rings is 2. The molecule has 3 rings (SSSR count). The lowest BCUT2D eigenvalue weighted by Crippen LogP contribution is -2.14. The first-order chi connectivity index (χ1) is 13.2. The van der Waals surface area contributed by atoms with Crippen LogP contribution in [0.2, 0.25) is 0 Å². The molecule has 6 heteroatoms. The number of nitrogens with zero attached hydrogens (tertiary/aromatic N) is 2. The lowest BCUT2D eigenvalue weighted by molar-refractivity contribution is 0.331. The predicted octanol–water partition coefficient (Wildman–Crippen LogP) is 4.15. The summed E-state index contributed by atoms with van der Waals surface area (Å²) < 4.78 is 10.8. The van der Waals surface area contributed by atoms with Gasteiger partial charge in [0.15, 0.2) is 0 Å². The van der Waals surface area contributed by atoms with Crippen molar-refractivity contribution in [2.75, 3.05) is 30.9 Å². The standard InChI is InChI=1S/C21H24N4O2/c1-16(17-6-4-3-5-7-17)24-20-12-13-22-21(25-20)23-14-15-27-19-10-8-18(26-2)9-11-19/h3-13,16H,14-15H2,1-2H3,(H2,22,23,24,25). The summed E-state index contributed by atoms with van der Waals surface area (Å²) in [5.41, 5.74) is 1.21. The second-order valence-corrected chi connectivity index (χ2v) is 5.99. The molecule has 1 unspecified atom stereocenters. The average molecular weight is 364 g/mol. The summed E-state index contributed by atoms with van der Waals surface area (Å²) in [7, 11) is 1.64. The topological polar surface area (TPSA) is 68.3 Å². The Bertz CT molecular complexity index is 825. The van der Waals surface area contributed by atoms with Crippen LogP contribution in [0.4, 0.5) is 11.8 Å². The van der Waals surface area contributed by atoms with Crippen LogP contribution in [-0.2, 0) is 0 Å². The molecular weight excluding hydrogens is 340 g/mol. The Morgan fingerprint density at radius 2 is 1.70 bits per heavy atom. The summed E-state index contributed by atoms with van der Waals surface area (Å²) in [5.74, 6) is 2.95. The van der Waals surface area contributed by atoms with Crippen molar-refractivity contribution in [2.24, 2.45) is 0 Å². The number of anilines is 2. The second kappa shape index (κ2) is 9.43. The van der Waals surface area contributed by atoms with E-state index in [0.29, 0.717) is 19.1 Å². The molecule has 0 aliphatic carbocycles. The molecule has 27 heavy (non-hydrogen) atoms. The van der Waals surface area contributed by atoms with Gasteiger partial charge in [-0.2, -0.15) is 4.98 Å². The van der Waals surface area contributed by atoms with E-state index in [1.54, 1.807) is 13.3 Å². The fourth-order valence-electron chi connectivity index (χ4n) is 2.57. The normalized spacial score (nSPS) is 11.5. The quantitative estimate of drug-likeness (QED) is 0.556. The maximum Gasteiger partial charge on any atom is 0.224 e. The van der Waals surface area contributed by atoms with Gasteiger partial charge in [0, 0.05) is 12.2 Å². The minimum absolute atomic E-state index is 0.160. The van der Waals surface area contributed by atoms with Crippen LogP contribution in [0.1, 0.15) is 18.5 Å². The minimum Gasteiger partial charge on any atom is -0.497 e. The molecule has 0 fully saturated rings. The number of aromatic nitrogens is 2. The van der Waals surface area contributed by atoms with Gasteiger partial charge in [-0.3, -0.25) is 0 Å². The Balaban J connectivity index is 1.47. The van der Waals surface area contributed by atoms with Gasteiger partial charge in [0.05, 0.1) is 13.7 Å². The molecule has 2 aromatic carbocycles. The summed E-state index contributed by atoms with van der Waals surface area (Å²) in [6.07, 6.45) is 1.74. The Hall–Kier alpha value is -3.28. The summed E-state index contributed by atoms with van der Waals surface area (Å²) in [6.45, 7) is 3.21. The fourth-order valence-corrected chi connectivity index (χ4v) is 2.57. The minimum atomic E-state index is 0.160. The highest BCUT2D eigenvalue weighted by atomic mass is 16.5. The molecular formula is C21H24N4O2. The number of rotatable bonds is 9. The molecule has 1 heterocycles. The number of methoxy groups -OCH3 is 1. The van der Waals surface area contributed by atoms with Crippen LogP contribution in [0.15, 0.2) is 66.9 Å². The zero-order chi connectivity index (χ0) is 18.9. The Labute approximate surface area is 159 Å². The molecule has 0 saturated carbocycles. The van der Waals surface area contributed by atoms with Crippen LogP contribution in [0.25, 0.3) is 0 Å². The van der Waals surface area contributed by atoms with E-state index in [4.69, 9.17) is 9.47 Å². The van der Waals surface area contributed by atoms with E-state index in [2.05, 4.69) is 39.7 Å². The third kappa shape index (κ3) is 5.60. The van der Waals surface area contributed by atoms with E-state index in [-0.39, 0.29) is 6.04 Å². The van der Waals surface area contributed by atoms with Crippen molar-refractivity contribution < 1.29 is 9.47 Å². The van der Waals surface area contributed by atoms with E-state index >= 15 is 0 Å². The zero-order valence-corrected chi connectivity index (χ0v) is 15.6. The zero-order valence-electron chi connectivity index (χ0n) is 15.6. The second-order valence-electron chi connectivity index (χ2n) is 5.99. The molecule has 0 aliphatic heterocycles. The van der Waals surface area contributed by atoms with Crippen LogP contribution in [0.5, 0.6) is 11.5 Å². The largest absolute Gasteiger partial charge is 0.497 e. The Kier molecular flexibility index (Phi) is 6.46. The van der Waals surface area contributed by atoms with Gasteiger partial charge >= 0.3 is 0 Å². The van der Waals surface area contributed by atoms with Crippen molar-refractivity contribution in [2.45, 2.75) is 13.0 Å². The molecule has 0 amide bonds. The van der Waals surface area contributed by atoms with E-state index in [9.17, 15) is 0 Å². The Morgan fingerprint density at radius 1 is 0.963 bits per heavy atom. The molecule has 1 aromatic heterocycles. The third-order valence-corrected chi connectivity index (χ3v) is 4.03. The van der Waals surface area contributed by atoms with Crippen LogP contribution in [0.3, 0.4) is 0 Å². The number of nitrogens with one attached hydrogen (secondary N) is 2. The SMILES string of the molecule is COc1ccc(OCCNc2nccc(NC(C)c3ccccc3)n2)cc1. The molecule has 1 atom stereocenters. The molecule has 140 valence electrons. The van der Waals surface area contributed by atoms with Crippen molar-refractivity contribution in [1.29, 1.82) is 0 Å². The van der Waals surface area contributed by atoms with Crippen molar-refractivity contribution >= 4 is 11.8 Å². The van der Waals surface area contributed by atoms with E-state index in [1.807, 2.05) is 48.5 Å². The molecule has 0 spiro atoms. The first-order valence-corrected chi connectivity index (χ1v) is 8.90. The lowest BCUT2D eigenvalue weighted by Gasteiger charge is -2.15. The van der Waals surface area contributed by atoms with Crippen LogP contribution >= 0.6 is 0 Å².